The van der Waals surface area contributed by atoms with E-state index in [0.717, 1.165) is 11.6 Å². The molecule has 2 heterocycles. The fraction of sp³-hybridized carbons (Fsp3) is 0.312. The van der Waals surface area contributed by atoms with Gasteiger partial charge in [0.25, 0.3) is 0 Å². The van der Waals surface area contributed by atoms with Crippen molar-refractivity contribution >= 4 is 11.6 Å². The van der Waals surface area contributed by atoms with Crippen molar-refractivity contribution in [2.24, 2.45) is 5.73 Å². The normalized spacial score (nSPS) is 22.6. The number of benzene rings is 1. The lowest BCUT2D eigenvalue weighted by Crippen LogP contribution is -2.39. The maximum absolute atomic E-state index is 6.17. The quantitative estimate of drug-likeness (QED) is 0.923. The molecule has 0 radical (unpaired) electrons. The van der Waals surface area contributed by atoms with Crippen molar-refractivity contribution in [1.82, 2.24) is 9.88 Å². The molecule has 1 aromatic carbocycles. The molecule has 104 valence electrons. The van der Waals surface area contributed by atoms with E-state index in [0.29, 0.717) is 12.5 Å². The number of rotatable bonds is 2. The number of hydrogen-bond acceptors (Lipinski definition) is 3. The summed E-state index contributed by atoms with van der Waals surface area (Å²) in [5, 5.41) is 0.769. The van der Waals surface area contributed by atoms with E-state index in [4.69, 9.17) is 17.3 Å². The lowest BCUT2D eigenvalue weighted by Gasteiger charge is -2.39. The van der Waals surface area contributed by atoms with Gasteiger partial charge in [-0.2, -0.15) is 0 Å². The van der Waals surface area contributed by atoms with Crippen molar-refractivity contribution in [2.75, 3.05) is 20.1 Å². The van der Waals surface area contributed by atoms with Gasteiger partial charge in [0.15, 0.2) is 0 Å². The number of nitrogens with two attached hydrogens (primary N) is 1. The lowest BCUT2D eigenvalue weighted by molar-refractivity contribution is 0.223. The molecule has 1 aliphatic heterocycles. The van der Waals surface area contributed by atoms with E-state index in [2.05, 4.69) is 41.2 Å². The number of pyridine rings is 1. The predicted molar refractivity (Wildman–Crippen MR) is 82.0 cm³/mol. The fourth-order valence-electron chi connectivity index (χ4n) is 3.09. The van der Waals surface area contributed by atoms with Crippen molar-refractivity contribution in [1.29, 1.82) is 0 Å². The topological polar surface area (TPSA) is 42.2 Å². The first-order chi connectivity index (χ1) is 9.70. The van der Waals surface area contributed by atoms with Gasteiger partial charge in [-0.25, -0.2) is 0 Å². The minimum absolute atomic E-state index is 0.238. The minimum atomic E-state index is 0.238. The Labute approximate surface area is 124 Å². The average Bonchev–Trinajstić information content (AvgIpc) is 2.47. The Balaban J connectivity index is 2.11. The van der Waals surface area contributed by atoms with Crippen LogP contribution in [0, 0.1) is 0 Å². The highest BCUT2D eigenvalue weighted by molar-refractivity contribution is 6.30. The van der Waals surface area contributed by atoms with Crippen molar-refractivity contribution in [3.05, 3.63) is 64.4 Å². The molecular weight excluding hydrogens is 270 g/mol. The zero-order chi connectivity index (χ0) is 14.1. The molecule has 20 heavy (non-hydrogen) atoms. The van der Waals surface area contributed by atoms with Crippen LogP contribution in [0.25, 0.3) is 0 Å². The molecule has 1 aromatic heterocycles. The van der Waals surface area contributed by atoms with E-state index in [1.54, 1.807) is 0 Å². The summed E-state index contributed by atoms with van der Waals surface area (Å²) < 4.78 is 0. The van der Waals surface area contributed by atoms with E-state index in [1.807, 2.05) is 18.5 Å². The smallest absolute Gasteiger partial charge is 0.0471 e. The summed E-state index contributed by atoms with van der Waals surface area (Å²) in [6.45, 7) is 1.56. The Morgan fingerprint density at radius 3 is 2.70 bits per heavy atom. The van der Waals surface area contributed by atoms with Crippen LogP contribution < -0.4 is 5.73 Å². The maximum Gasteiger partial charge on any atom is 0.0471 e. The average molecular weight is 288 g/mol. The van der Waals surface area contributed by atoms with Crippen LogP contribution in [0.4, 0.5) is 0 Å². The van der Waals surface area contributed by atoms with Crippen molar-refractivity contribution < 1.29 is 0 Å². The van der Waals surface area contributed by atoms with Crippen molar-refractivity contribution in [2.45, 2.75) is 12.0 Å². The Morgan fingerprint density at radius 2 is 2.00 bits per heavy atom. The number of aromatic nitrogens is 1. The first kappa shape index (κ1) is 13.6. The highest BCUT2D eigenvalue weighted by Crippen LogP contribution is 2.39. The highest BCUT2D eigenvalue weighted by atomic mass is 35.5. The van der Waals surface area contributed by atoms with Gasteiger partial charge in [0.1, 0.15) is 0 Å². The van der Waals surface area contributed by atoms with Gasteiger partial charge in [-0.05, 0) is 48.0 Å². The molecule has 0 amide bonds. The molecule has 2 N–H and O–H groups in total. The third-order valence-electron chi connectivity index (χ3n) is 4.12. The van der Waals surface area contributed by atoms with Gasteiger partial charge in [0.2, 0.25) is 0 Å². The Bertz CT molecular complexity index is 600. The highest BCUT2D eigenvalue weighted by Gasteiger charge is 2.31. The number of hydrogen-bond donors (Lipinski definition) is 1. The van der Waals surface area contributed by atoms with Crippen LogP contribution in [0.5, 0.6) is 0 Å². The lowest BCUT2D eigenvalue weighted by atomic mass is 9.82. The van der Waals surface area contributed by atoms with Crippen LogP contribution in [-0.2, 0) is 0 Å². The van der Waals surface area contributed by atoms with Crippen LogP contribution in [0.1, 0.15) is 28.7 Å². The van der Waals surface area contributed by atoms with E-state index in [9.17, 15) is 0 Å². The second-order valence-electron chi connectivity index (χ2n) is 5.30. The molecule has 0 saturated heterocycles. The zero-order valence-electron chi connectivity index (χ0n) is 11.5. The first-order valence-corrected chi connectivity index (χ1v) is 7.18. The molecule has 4 heteroatoms. The van der Waals surface area contributed by atoms with E-state index in [1.165, 1.54) is 16.7 Å². The summed E-state index contributed by atoms with van der Waals surface area (Å²) in [5.74, 6) is 0.345. The van der Waals surface area contributed by atoms with Gasteiger partial charge in [0.05, 0.1) is 0 Å². The molecule has 2 unspecified atom stereocenters. The summed E-state index contributed by atoms with van der Waals surface area (Å²) in [4.78, 5) is 6.42. The molecule has 3 nitrogen and oxygen atoms in total. The minimum Gasteiger partial charge on any atom is -0.329 e. The number of likely N-dealkylation sites (N-methyl/N-ethyl adjacent to an activating group) is 1. The van der Waals surface area contributed by atoms with Crippen molar-refractivity contribution in [3.63, 3.8) is 0 Å². The third kappa shape index (κ3) is 2.33. The molecule has 0 spiro atoms. The molecule has 1 aliphatic rings. The monoisotopic (exact) mass is 287 g/mol. The molecule has 2 atom stereocenters. The summed E-state index contributed by atoms with van der Waals surface area (Å²) in [7, 11) is 2.12. The van der Waals surface area contributed by atoms with Crippen LogP contribution in [0.15, 0.2) is 42.7 Å². The van der Waals surface area contributed by atoms with Gasteiger partial charge in [-0.3, -0.25) is 9.88 Å². The molecule has 3 rings (SSSR count). The second kappa shape index (κ2) is 5.52. The summed E-state index contributed by atoms with van der Waals surface area (Å²) in [6, 6.07) is 10.6. The Kier molecular flexibility index (Phi) is 3.74. The zero-order valence-corrected chi connectivity index (χ0v) is 12.2. The summed E-state index contributed by atoms with van der Waals surface area (Å²) >= 11 is 6.17. The third-order valence-corrected chi connectivity index (χ3v) is 4.35. The van der Waals surface area contributed by atoms with Gasteiger partial charge < -0.3 is 5.73 Å². The first-order valence-electron chi connectivity index (χ1n) is 6.80. The predicted octanol–water partition coefficient (Wildman–Crippen LogP) is 2.81. The molecule has 0 saturated carbocycles. The molecule has 2 aromatic rings. The van der Waals surface area contributed by atoms with Gasteiger partial charge in [-0.15, -0.1) is 0 Å². The van der Waals surface area contributed by atoms with Crippen LogP contribution in [0.3, 0.4) is 0 Å². The number of halogens is 1. The number of nitrogens with zero attached hydrogens (tertiary/aromatic N) is 2. The summed E-state index contributed by atoms with van der Waals surface area (Å²) in [6.07, 6.45) is 3.69. The van der Waals surface area contributed by atoms with Crippen LogP contribution in [0.2, 0.25) is 5.02 Å². The summed E-state index contributed by atoms with van der Waals surface area (Å²) in [5.41, 5.74) is 9.81. The van der Waals surface area contributed by atoms with Crippen LogP contribution in [-0.4, -0.2) is 30.0 Å². The molecule has 0 aliphatic carbocycles. The number of fused-ring (bicyclic) bond motifs is 1. The van der Waals surface area contributed by atoms with Crippen LogP contribution >= 0.6 is 11.6 Å². The van der Waals surface area contributed by atoms with E-state index >= 15 is 0 Å². The van der Waals surface area contributed by atoms with E-state index in [-0.39, 0.29) is 6.04 Å². The second-order valence-corrected chi connectivity index (χ2v) is 5.73. The maximum atomic E-state index is 6.17. The van der Waals surface area contributed by atoms with Gasteiger partial charge in [-0.1, -0.05) is 17.7 Å². The SMILES string of the molecule is CN1CC(c2ccncc2)c2ccc(Cl)cc2C1CN. The molecule has 0 bridgehead atoms. The largest absolute Gasteiger partial charge is 0.329 e. The Morgan fingerprint density at radius 1 is 1.25 bits per heavy atom. The molecular formula is C16H18ClN3. The standard InChI is InChI=1S/C16H18ClN3/c1-20-10-15(11-4-6-19-7-5-11)13-3-2-12(17)8-14(13)16(20)9-18/h2-8,15-16H,9-10,18H2,1H3. The Hall–Kier alpha value is -1.42. The fourth-order valence-corrected chi connectivity index (χ4v) is 3.27. The molecule has 0 fully saturated rings. The van der Waals surface area contributed by atoms with Gasteiger partial charge in [0, 0.05) is 42.5 Å². The van der Waals surface area contributed by atoms with Gasteiger partial charge >= 0.3 is 0 Å². The van der Waals surface area contributed by atoms with Crippen molar-refractivity contribution in [3.8, 4) is 0 Å². The van der Waals surface area contributed by atoms with E-state index < -0.39 is 0 Å².